The fraction of sp³-hybridized carbons (Fsp3) is 0.417. The van der Waals surface area contributed by atoms with E-state index < -0.39 is 0 Å². The Bertz CT molecular complexity index is 337. The molecule has 2 unspecified atom stereocenters. The molecule has 0 saturated heterocycles. The lowest BCUT2D eigenvalue weighted by molar-refractivity contribution is -0.115. The molecule has 1 saturated carbocycles. The van der Waals surface area contributed by atoms with E-state index in [0.29, 0.717) is 12.6 Å². The number of nitrogens with one attached hydrogen (secondary N) is 2. The molecule has 3 nitrogen and oxygen atoms in total. The summed E-state index contributed by atoms with van der Waals surface area (Å²) in [6, 6.07) is 10.1. The third kappa shape index (κ3) is 3.06. The van der Waals surface area contributed by atoms with Crippen LogP contribution in [0.25, 0.3) is 0 Å². The van der Waals surface area contributed by atoms with Crippen LogP contribution >= 0.6 is 0 Å². The molecule has 15 heavy (non-hydrogen) atoms. The van der Waals surface area contributed by atoms with Crippen LogP contribution in [0.15, 0.2) is 30.3 Å². The van der Waals surface area contributed by atoms with Crippen molar-refractivity contribution in [1.82, 2.24) is 5.32 Å². The number of carbonyl (C=O) groups excluding carboxylic acids is 1. The number of rotatable bonds is 4. The lowest BCUT2D eigenvalue weighted by Gasteiger charge is -2.05. The Balaban J connectivity index is 1.73. The molecule has 2 atom stereocenters. The van der Waals surface area contributed by atoms with Crippen LogP contribution in [0.4, 0.5) is 5.69 Å². The van der Waals surface area contributed by atoms with Crippen LogP contribution in [0.5, 0.6) is 0 Å². The standard InChI is InChI=1S/C12H16N2O/c1-9-7-11(9)13-8-12(15)14-10-5-3-2-4-6-10/h2-6,9,11,13H,7-8H2,1H3,(H,14,15). The first kappa shape index (κ1) is 10.2. The zero-order valence-electron chi connectivity index (χ0n) is 8.86. The van der Waals surface area contributed by atoms with Gasteiger partial charge in [-0.25, -0.2) is 0 Å². The maximum Gasteiger partial charge on any atom is 0.238 e. The molecule has 1 amide bonds. The first-order valence-corrected chi connectivity index (χ1v) is 5.34. The summed E-state index contributed by atoms with van der Waals surface area (Å²) >= 11 is 0. The number of amides is 1. The van der Waals surface area contributed by atoms with Crippen LogP contribution < -0.4 is 10.6 Å². The summed E-state index contributed by atoms with van der Waals surface area (Å²) in [5.74, 6) is 0.759. The summed E-state index contributed by atoms with van der Waals surface area (Å²) in [5, 5.41) is 6.05. The van der Waals surface area contributed by atoms with Crippen LogP contribution in [0, 0.1) is 5.92 Å². The van der Waals surface area contributed by atoms with Gasteiger partial charge in [0.2, 0.25) is 5.91 Å². The molecular weight excluding hydrogens is 188 g/mol. The van der Waals surface area contributed by atoms with Crippen molar-refractivity contribution < 1.29 is 4.79 Å². The predicted octanol–water partition coefficient (Wildman–Crippen LogP) is 1.62. The summed E-state index contributed by atoms with van der Waals surface area (Å²) in [6.07, 6.45) is 1.19. The average Bonchev–Trinajstić information content (AvgIpc) is 2.93. The first-order valence-electron chi connectivity index (χ1n) is 5.34. The number of hydrogen-bond donors (Lipinski definition) is 2. The minimum atomic E-state index is 0.0281. The van der Waals surface area contributed by atoms with Gasteiger partial charge in [-0.05, 0) is 24.5 Å². The molecule has 80 valence electrons. The average molecular weight is 204 g/mol. The summed E-state index contributed by atoms with van der Waals surface area (Å²) in [6.45, 7) is 2.59. The minimum Gasteiger partial charge on any atom is -0.325 e. The van der Waals surface area contributed by atoms with Gasteiger partial charge in [-0.2, -0.15) is 0 Å². The molecule has 1 aromatic carbocycles. The van der Waals surface area contributed by atoms with Gasteiger partial charge in [0.05, 0.1) is 6.54 Å². The molecule has 3 heteroatoms. The highest BCUT2D eigenvalue weighted by Gasteiger charge is 2.32. The Hall–Kier alpha value is -1.35. The summed E-state index contributed by atoms with van der Waals surface area (Å²) in [5.41, 5.74) is 0.855. The number of benzene rings is 1. The Labute approximate surface area is 89.9 Å². The lowest BCUT2D eigenvalue weighted by atomic mass is 10.3. The summed E-state index contributed by atoms with van der Waals surface area (Å²) in [4.78, 5) is 11.5. The molecule has 1 fully saturated rings. The summed E-state index contributed by atoms with van der Waals surface area (Å²) < 4.78 is 0. The molecule has 0 radical (unpaired) electrons. The van der Waals surface area contributed by atoms with E-state index >= 15 is 0 Å². The monoisotopic (exact) mass is 204 g/mol. The van der Waals surface area contributed by atoms with Crippen LogP contribution in [0.2, 0.25) is 0 Å². The maximum absolute atomic E-state index is 11.5. The van der Waals surface area contributed by atoms with Crippen molar-refractivity contribution in [2.45, 2.75) is 19.4 Å². The second-order valence-electron chi connectivity index (χ2n) is 4.11. The fourth-order valence-corrected chi connectivity index (χ4v) is 1.56. The molecule has 0 heterocycles. The fourth-order valence-electron chi connectivity index (χ4n) is 1.56. The molecule has 2 rings (SSSR count). The van der Waals surface area contributed by atoms with Crippen molar-refractivity contribution in [3.63, 3.8) is 0 Å². The van der Waals surface area contributed by atoms with E-state index in [-0.39, 0.29) is 5.91 Å². The van der Waals surface area contributed by atoms with E-state index in [0.717, 1.165) is 11.6 Å². The summed E-state index contributed by atoms with van der Waals surface area (Å²) in [7, 11) is 0. The van der Waals surface area contributed by atoms with E-state index in [1.54, 1.807) is 0 Å². The number of anilines is 1. The molecule has 2 N–H and O–H groups in total. The van der Waals surface area contributed by atoms with Crippen molar-refractivity contribution in [3.8, 4) is 0 Å². The van der Waals surface area contributed by atoms with Crippen molar-refractivity contribution in [2.75, 3.05) is 11.9 Å². The van der Waals surface area contributed by atoms with Gasteiger partial charge in [0.1, 0.15) is 0 Å². The SMILES string of the molecule is CC1CC1NCC(=O)Nc1ccccc1. The molecule has 1 aliphatic rings. The van der Waals surface area contributed by atoms with Crippen molar-refractivity contribution >= 4 is 11.6 Å². The minimum absolute atomic E-state index is 0.0281. The zero-order chi connectivity index (χ0) is 10.7. The highest BCUT2D eigenvalue weighted by molar-refractivity contribution is 5.92. The Morgan fingerprint density at radius 1 is 1.40 bits per heavy atom. The van der Waals surface area contributed by atoms with E-state index in [2.05, 4.69) is 17.6 Å². The van der Waals surface area contributed by atoms with E-state index in [4.69, 9.17) is 0 Å². The quantitative estimate of drug-likeness (QED) is 0.782. The van der Waals surface area contributed by atoms with Crippen LogP contribution in [0.1, 0.15) is 13.3 Å². The molecular formula is C12H16N2O. The number of para-hydroxylation sites is 1. The van der Waals surface area contributed by atoms with Crippen LogP contribution in [-0.4, -0.2) is 18.5 Å². The predicted molar refractivity (Wildman–Crippen MR) is 60.6 cm³/mol. The number of carbonyl (C=O) groups is 1. The van der Waals surface area contributed by atoms with Crippen molar-refractivity contribution in [3.05, 3.63) is 30.3 Å². The van der Waals surface area contributed by atoms with E-state index in [9.17, 15) is 4.79 Å². The van der Waals surface area contributed by atoms with Crippen molar-refractivity contribution in [1.29, 1.82) is 0 Å². The highest BCUT2D eigenvalue weighted by Crippen LogP contribution is 2.28. The van der Waals surface area contributed by atoms with Crippen molar-refractivity contribution in [2.24, 2.45) is 5.92 Å². The second kappa shape index (κ2) is 4.45. The molecule has 0 aliphatic heterocycles. The van der Waals surface area contributed by atoms with Gasteiger partial charge < -0.3 is 10.6 Å². The lowest BCUT2D eigenvalue weighted by Crippen LogP contribution is -2.30. The highest BCUT2D eigenvalue weighted by atomic mass is 16.1. The van der Waals surface area contributed by atoms with Gasteiger partial charge in [0.25, 0.3) is 0 Å². The van der Waals surface area contributed by atoms with Crippen LogP contribution in [0.3, 0.4) is 0 Å². The van der Waals surface area contributed by atoms with E-state index in [1.165, 1.54) is 6.42 Å². The van der Waals surface area contributed by atoms with Gasteiger partial charge in [0, 0.05) is 11.7 Å². The van der Waals surface area contributed by atoms with Gasteiger partial charge >= 0.3 is 0 Å². The Kier molecular flexibility index (Phi) is 3.02. The molecule has 0 aromatic heterocycles. The third-order valence-corrected chi connectivity index (χ3v) is 2.69. The van der Waals surface area contributed by atoms with Crippen LogP contribution in [-0.2, 0) is 4.79 Å². The Morgan fingerprint density at radius 3 is 2.67 bits per heavy atom. The Morgan fingerprint density at radius 2 is 2.07 bits per heavy atom. The molecule has 1 aromatic rings. The molecule has 1 aliphatic carbocycles. The maximum atomic E-state index is 11.5. The zero-order valence-corrected chi connectivity index (χ0v) is 8.86. The normalized spacial score (nSPS) is 23.5. The van der Waals surface area contributed by atoms with Gasteiger partial charge in [0.15, 0.2) is 0 Å². The third-order valence-electron chi connectivity index (χ3n) is 2.69. The van der Waals surface area contributed by atoms with Gasteiger partial charge in [-0.1, -0.05) is 25.1 Å². The van der Waals surface area contributed by atoms with E-state index in [1.807, 2.05) is 30.3 Å². The van der Waals surface area contributed by atoms with Gasteiger partial charge in [-0.15, -0.1) is 0 Å². The molecule has 0 spiro atoms. The number of hydrogen-bond acceptors (Lipinski definition) is 2. The smallest absolute Gasteiger partial charge is 0.238 e. The van der Waals surface area contributed by atoms with Gasteiger partial charge in [-0.3, -0.25) is 4.79 Å². The largest absolute Gasteiger partial charge is 0.325 e. The topological polar surface area (TPSA) is 41.1 Å². The first-order chi connectivity index (χ1) is 7.25. The second-order valence-corrected chi connectivity index (χ2v) is 4.11. The molecule has 0 bridgehead atoms.